The molecule has 5 heteroatoms. The zero-order valence-corrected chi connectivity index (χ0v) is 12.0. The lowest BCUT2D eigenvalue weighted by Crippen LogP contribution is -2.41. The summed E-state index contributed by atoms with van der Waals surface area (Å²) in [5.41, 5.74) is 0. The quantitative estimate of drug-likeness (QED) is 0.740. The highest BCUT2D eigenvalue weighted by Gasteiger charge is 2.39. The minimum atomic E-state index is -0.0946. The molecule has 0 saturated carbocycles. The molecule has 1 aliphatic heterocycles. The van der Waals surface area contributed by atoms with Crippen LogP contribution in [-0.4, -0.2) is 62.0 Å². The van der Waals surface area contributed by atoms with Gasteiger partial charge < -0.3 is 14.5 Å². The Morgan fingerprint density at radius 1 is 1.39 bits per heavy atom. The lowest BCUT2D eigenvalue weighted by molar-refractivity contribution is -0.136. The van der Waals surface area contributed by atoms with E-state index in [4.69, 9.17) is 4.74 Å². The number of likely N-dealkylation sites (tertiary alicyclic amines) is 1. The molecule has 0 unspecified atom stereocenters. The molecule has 0 spiro atoms. The van der Waals surface area contributed by atoms with Crippen molar-refractivity contribution in [2.75, 3.05) is 34.4 Å². The maximum Gasteiger partial charge on any atom is 0.227 e. The van der Waals surface area contributed by atoms with Crippen LogP contribution in [0.2, 0.25) is 0 Å². The molecule has 0 radical (unpaired) electrons. The first-order valence-corrected chi connectivity index (χ1v) is 6.39. The molecule has 0 aromatic carbocycles. The number of rotatable bonds is 4. The van der Waals surface area contributed by atoms with Gasteiger partial charge in [-0.3, -0.25) is 9.59 Å². The fourth-order valence-electron chi connectivity index (χ4n) is 2.41. The first kappa shape index (κ1) is 15.0. The van der Waals surface area contributed by atoms with Crippen molar-refractivity contribution in [3.63, 3.8) is 0 Å². The standard InChI is InChI=1S/C13H24N2O3/c1-9(2)12(16)15-7-10(13(17)14(3)4)6-11(15)8-18-5/h9-11H,6-8H2,1-5H3/t10-,11-/m0/s1. The Labute approximate surface area is 109 Å². The van der Waals surface area contributed by atoms with Crippen molar-refractivity contribution >= 4 is 11.8 Å². The van der Waals surface area contributed by atoms with Crippen molar-refractivity contribution in [3.8, 4) is 0 Å². The Morgan fingerprint density at radius 2 is 2.00 bits per heavy atom. The largest absolute Gasteiger partial charge is 0.383 e. The van der Waals surface area contributed by atoms with Crippen LogP contribution >= 0.6 is 0 Å². The van der Waals surface area contributed by atoms with Crippen LogP contribution in [0.25, 0.3) is 0 Å². The third kappa shape index (κ3) is 3.22. The molecular formula is C13H24N2O3. The average molecular weight is 256 g/mol. The van der Waals surface area contributed by atoms with E-state index in [9.17, 15) is 9.59 Å². The molecule has 2 atom stereocenters. The first-order chi connectivity index (χ1) is 8.38. The van der Waals surface area contributed by atoms with Crippen LogP contribution in [0.1, 0.15) is 20.3 Å². The molecule has 1 fully saturated rings. The number of nitrogens with zero attached hydrogens (tertiary/aromatic N) is 2. The van der Waals surface area contributed by atoms with E-state index < -0.39 is 0 Å². The third-order valence-electron chi connectivity index (χ3n) is 3.34. The maximum atomic E-state index is 12.1. The SMILES string of the molecule is COC[C@@H]1C[C@H](C(=O)N(C)C)CN1C(=O)C(C)C. The number of carbonyl (C=O) groups excluding carboxylic acids is 2. The molecule has 0 aromatic rings. The summed E-state index contributed by atoms with van der Waals surface area (Å²) >= 11 is 0. The monoisotopic (exact) mass is 256 g/mol. The minimum Gasteiger partial charge on any atom is -0.383 e. The molecule has 1 heterocycles. The van der Waals surface area contributed by atoms with Gasteiger partial charge in [-0.05, 0) is 6.42 Å². The van der Waals surface area contributed by atoms with Crippen LogP contribution in [0.4, 0.5) is 0 Å². The second-order valence-electron chi connectivity index (χ2n) is 5.42. The van der Waals surface area contributed by atoms with Gasteiger partial charge in [0.25, 0.3) is 0 Å². The molecule has 0 bridgehead atoms. The summed E-state index contributed by atoms with van der Waals surface area (Å²) in [4.78, 5) is 27.5. The molecule has 1 aliphatic rings. The van der Waals surface area contributed by atoms with E-state index in [-0.39, 0.29) is 29.7 Å². The smallest absolute Gasteiger partial charge is 0.227 e. The molecule has 1 saturated heterocycles. The van der Waals surface area contributed by atoms with Gasteiger partial charge in [-0.15, -0.1) is 0 Å². The summed E-state index contributed by atoms with van der Waals surface area (Å²) in [6.45, 7) is 4.78. The summed E-state index contributed by atoms with van der Waals surface area (Å²) in [5, 5.41) is 0. The Kier molecular flexibility index (Phi) is 5.14. The van der Waals surface area contributed by atoms with Gasteiger partial charge in [-0.25, -0.2) is 0 Å². The second kappa shape index (κ2) is 6.18. The Hall–Kier alpha value is -1.10. The summed E-state index contributed by atoms with van der Waals surface area (Å²) < 4.78 is 5.16. The normalized spacial score (nSPS) is 23.6. The van der Waals surface area contributed by atoms with E-state index in [0.717, 1.165) is 0 Å². The Bertz CT molecular complexity index is 315. The van der Waals surface area contributed by atoms with E-state index in [1.54, 1.807) is 31.0 Å². The topological polar surface area (TPSA) is 49.9 Å². The van der Waals surface area contributed by atoms with Crippen molar-refractivity contribution < 1.29 is 14.3 Å². The van der Waals surface area contributed by atoms with Gasteiger partial charge in [0.1, 0.15) is 0 Å². The van der Waals surface area contributed by atoms with E-state index in [2.05, 4.69) is 0 Å². The van der Waals surface area contributed by atoms with Crippen LogP contribution in [0.5, 0.6) is 0 Å². The van der Waals surface area contributed by atoms with Gasteiger partial charge in [0.2, 0.25) is 11.8 Å². The Balaban J connectivity index is 2.77. The predicted molar refractivity (Wildman–Crippen MR) is 69.0 cm³/mol. The van der Waals surface area contributed by atoms with Gasteiger partial charge in [0, 0.05) is 33.7 Å². The summed E-state index contributed by atoms with van der Waals surface area (Å²) in [6, 6.07) is 0.0267. The fraction of sp³-hybridized carbons (Fsp3) is 0.846. The van der Waals surface area contributed by atoms with Crippen molar-refractivity contribution in [3.05, 3.63) is 0 Å². The lowest BCUT2D eigenvalue weighted by atomic mass is 10.0. The number of hydrogen-bond acceptors (Lipinski definition) is 3. The molecular weight excluding hydrogens is 232 g/mol. The molecule has 18 heavy (non-hydrogen) atoms. The van der Waals surface area contributed by atoms with E-state index in [1.807, 2.05) is 13.8 Å². The number of carbonyl (C=O) groups is 2. The zero-order valence-electron chi connectivity index (χ0n) is 12.0. The van der Waals surface area contributed by atoms with Gasteiger partial charge in [-0.2, -0.15) is 0 Å². The summed E-state index contributed by atoms with van der Waals surface area (Å²) in [5.74, 6) is 0.0571. The molecule has 1 rings (SSSR count). The van der Waals surface area contributed by atoms with Crippen molar-refractivity contribution in [1.29, 1.82) is 0 Å². The van der Waals surface area contributed by atoms with Gasteiger partial charge in [-0.1, -0.05) is 13.8 Å². The number of ether oxygens (including phenoxy) is 1. The van der Waals surface area contributed by atoms with Gasteiger partial charge in [0.05, 0.1) is 18.6 Å². The zero-order chi connectivity index (χ0) is 13.9. The van der Waals surface area contributed by atoms with Gasteiger partial charge >= 0.3 is 0 Å². The molecule has 0 aliphatic carbocycles. The van der Waals surface area contributed by atoms with Gasteiger partial charge in [0.15, 0.2) is 0 Å². The van der Waals surface area contributed by atoms with E-state index in [0.29, 0.717) is 19.6 Å². The summed E-state index contributed by atoms with van der Waals surface area (Å²) in [6.07, 6.45) is 0.698. The number of amides is 2. The van der Waals surface area contributed by atoms with Crippen LogP contribution < -0.4 is 0 Å². The minimum absolute atomic E-state index is 0.0267. The van der Waals surface area contributed by atoms with E-state index in [1.165, 1.54) is 0 Å². The maximum absolute atomic E-state index is 12.1. The third-order valence-corrected chi connectivity index (χ3v) is 3.34. The van der Waals surface area contributed by atoms with Crippen LogP contribution in [0.3, 0.4) is 0 Å². The van der Waals surface area contributed by atoms with Crippen LogP contribution in [0, 0.1) is 11.8 Å². The second-order valence-corrected chi connectivity index (χ2v) is 5.42. The highest BCUT2D eigenvalue weighted by Crippen LogP contribution is 2.26. The van der Waals surface area contributed by atoms with Crippen LogP contribution in [-0.2, 0) is 14.3 Å². The highest BCUT2D eigenvalue weighted by molar-refractivity contribution is 5.83. The average Bonchev–Trinajstić information content (AvgIpc) is 2.71. The number of methoxy groups -OCH3 is 1. The van der Waals surface area contributed by atoms with Crippen LogP contribution in [0.15, 0.2) is 0 Å². The molecule has 104 valence electrons. The first-order valence-electron chi connectivity index (χ1n) is 6.39. The van der Waals surface area contributed by atoms with Crippen molar-refractivity contribution in [2.45, 2.75) is 26.3 Å². The molecule has 5 nitrogen and oxygen atoms in total. The molecule has 2 amide bonds. The predicted octanol–water partition coefficient (Wildman–Crippen LogP) is 0.594. The number of hydrogen-bond donors (Lipinski definition) is 0. The molecule has 0 N–H and O–H groups in total. The lowest BCUT2D eigenvalue weighted by Gasteiger charge is -2.25. The van der Waals surface area contributed by atoms with Crippen molar-refractivity contribution in [1.82, 2.24) is 9.80 Å². The summed E-state index contributed by atoms with van der Waals surface area (Å²) in [7, 11) is 5.13. The van der Waals surface area contributed by atoms with Crippen molar-refractivity contribution in [2.24, 2.45) is 11.8 Å². The molecule has 0 aromatic heterocycles. The van der Waals surface area contributed by atoms with E-state index >= 15 is 0 Å². The fourth-order valence-corrected chi connectivity index (χ4v) is 2.41. The highest BCUT2D eigenvalue weighted by atomic mass is 16.5. The Morgan fingerprint density at radius 3 is 2.44 bits per heavy atom.